The smallest absolute Gasteiger partial charge is 0.258 e. The summed E-state index contributed by atoms with van der Waals surface area (Å²) >= 11 is 0. The number of rotatable bonds is 7. The first-order chi connectivity index (χ1) is 14.7. The highest BCUT2D eigenvalue weighted by atomic mass is 32.2. The number of para-hydroxylation sites is 1. The Kier molecular flexibility index (Phi) is 6.67. The predicted molar refractivity (Wildman–Crippen MR) is 113 cm³/mol. The summed E-state index contributed by atoms with van der Waals surface area (Å²) in [5.41, 5.74) is -0.552. The van der Waals surface area contributed by atoms with Crippen LogP contribution in [0, 0.1) is 11.6 Å². The molecule has 162 valence electrons. The maximum atomic E-state index is 14.3. The summed E-state index contributed by atoms with van der Waals surface area (Å²) in [6.07, 6.45) is 0. The van der Waals surface area contributed by atoms with Gasteiger partial charge < -0.3 is 10.1 Å². The molecule has 0 aromatic heterocycles. The lowest BCUT2D eigenvalue weighted by Gasteiger charge is -2.14. The molecule has 0 saturated carbocycles. The van der Waals surface area contributed by atoms with Gasteiger partial charge in [-0.1, -0.05) is 18.2 Å². The molecule has 0 fully saturated rings. The predicted octanol–water partition coefficient (Wildman–Crippen LogP) is 4.70. The molecule has 9 heteroatoms. The van der Waals surface area contributed by atoms with Gasteiger partial charge in [0.15, 0.2) is 5.75 Å². The van der Waals surface area contributed by atoms with Crippen LogP contribution in [0.2, 0.25) is 0 Å². The second kappa shape index (κ2) is 9.23. The van der Waals surface area contributed by atoms with Crippen LogP contribution in [-0.2, 0) is 10.0 Å². The summed E-state index contributed by atoms with van der Waals surface area (Å²) in [5.74, 6) is -1.95. The third-order valence-corrected chi connectivity index (χ3v) is 5.70. The molecule has 0 unspecified atom stereocenters. The lowest BCUT2D eigenvalue weighted by atomic mass is 10.2. The van der Waals surface area contributed by atoms with E-state index in [4.69, 9.17) is 4.74 Å². The standard InChI is InChI=1S/C22H20F2N2O4S/c1-14(2)26-31(28,29)17-9-10-19(24)18(13-17)22(27)25-20-12-15(23)8-11-21(20)30-16-6-4-3-5-7-16/h3-14,26H,1-2H3,(H,25,27). The Balaban J connectivity index is 1.91. The Morgan fingerprint density at radius 1 is 0.968 bits per heavy atom. The molecule has 0 heterocycles. The maximum absolute atomic E-state index is 14.3. The first kappa shape index (κ1) is 22.4. The molecule has 3 aromatic carbocycles. The van der Waals surface area contributed by atoms with Crippen LogP contribution in [0.25, 0.3) is 0 Å². The molecule has 6 nitrogen and oxygen atoms in total. The number of carbonyl (C=O) groups excluding carboxylic acids is 1. The number of amides is 1. The van der Waals surface area contributed by atoms with Crippen LogP contribution in [0.4, 0.5) is 14.5 Å². The number of nitrogens with one attached hydrogen (secondary N) is 2. The lowest BCUT2D eigenvalue weighted by Crippen LogP contribution is -2.30. The highest BCUT2D eigenvalue weighted by Crippen LogP contribution is 2.31. The molecule has 0 radical (unpaired) electrons. The van der Waals surface area contributed by atoms with Crippen molar-refractivity contribution in [2.45, 2.75) is 24.8 Å². The van der Waals surface area contributed by atoms with Crippen molar-refractivity contribution in [3.8, 4) is 11.5 Å². The monoisotopic (exact) mass is 446 g/mol. The zero-order valence-corrected chi connectivity index (χ0v) is 17.5. The van der Waals surface area contributed by atoms with Gasteiger partial charge in [-0.3, -0.25) is 4.79 Å². The largest absolute Gasteiger partial charge is 0.455 e. The van der Waals surface area contributed by atoms with Crippen molar-refractivity contribution in [3.05, 3.63) is 83.9 Å². The molecule has 0 aliphatic rings. The Labute approximate surface area is 178 Å². The number of sulfonamides is 1. The summed E-state index contributed by atoms with van der Waals surface area (Å²) < 4.78 is 60.9. The minimum absolute atomic E-state index is 0.0400. The van der Waals surface area contributed by atoms with E-state index in [2.05, 4.69) is 10.0 Å². The summed E-state index contributed by atoms with van der Waals surface area (Å²) in [4.78, 5) is 12.4. The second-order valence-corrected chi connectivity index (χ2v) is 8.64. The molecule has 1 amide bonds. The number of benzene rings is 3. The Morgan fingerprint density at radius 2 is 1.68 bits per heavy atom. The molecule has 0 aliphatic heterocycles. The van der Waals surface area contributed by atoms with Crippen LogP contribution in [-0.4, -0.2) is 20.4 Å². The van der Waals surface area contributed by atoms with E-state index in [9.17, 15) is 22.0 Å². The van der Waals surface area contributed by atoms with Gasteiger partial charge >= 0.3 is 0 Å². The van der Waals surface area contributed by atoms with E-state index in [1.807, 2.05) is 0 Å². The van der Waals surface area contributed by atoms with Gasteiger partial charge in [-0.25, -0.2) is 21.9 Å². The van der Waals surface area contributed by atoms with Crippen molar-refractivity contribution in [1.82, 2.24) is 4.72 Å². The quantitative estimate of drug-likeness (QED) is 0.551. The van der Waals surface area contributed by atoms with Crippen LogP contribution in [0.1, 0.15) is 24.2 Å². The number of hydrogen-bond acceptors (Lipinski definition) is 4. The summed E-state index contributed by atoms with van der Waals surface area (Å²) in [6.45, 7) is 3.26. The molecule has 2 N–H and O–H groups in total. The first-order valence-corrected chi connectivity index (χ1v) is 10.8. The first-order valence-electron chi connectivity index (χ1n) is 9.31. The van der Waals surface area contributed by atoms with Crippen LogP contribution in [0.3, 0.4) is 0 Å². The van der Waals surface area contributed by atoms with Crippen molar-refractivity contribution in [1.29, 1.82) is 0 Å². The fourth-order valence-electron chi connectivity index (χ4n) is 2.72. The molecule has 0 atom stereocenters. The average Bonchev–Trinajstić information content (AvgIpc) is 2.70. The number of ether oxygens (including phenoxy) is 1. The van der Waals surface area contributed by atoms with E-state index in [1.165, 1.54) is 6.07 Å². The second-order valence-electron chi connectivity index (χ2n) is 6.93. The van der Waals surface area contributed by atoms with Crippen molar-refractivity contribution in [3.63, 3.8) is 0 Å². The van der Waals surface area contributed by atoms with Gasteiger partial charge in [-0.05, 0) is 56.3 Å². The Bertz CT molecular complexity index is 1200. The average molecular weight is 446 g/mol. The lowest BCUT2D eigenvalue weighted by molar-refractivity contribution is 0.102. The van der Waals surface area contributed by atoms with Crippen LogP contribution < -0.4 is 14.8 Å². The zero-order chi connectivity index (χ0) is 22.6. The molecule has 0 saturated heterocycles. The minimum Gasteiger partial charge on any atom is -0.455 e. The summed E-state index contributed by atoms with van der Waals surface area (Å²) in [5, 5.41) is 2.39. The van der Waals surface area contributed by atoms with Gasteiger partial charge in [0.05, 0.1) is 16.1 Å². The van der Waals surface area contributed by atoms with Crippen molar-refractivity contribution >= 4 is 21.6 Å². The Hall–Kier alpha value is -3.30. The minimum atomic E-state index is -3.94. The summed E-state index contributed by atoms with van der Waals surface area (Å²) in [6, 6.07) is 14.6. The van der Waals surface area contributed by atoms with Crippen LogP contribution >= 0.6 is 0 Å². The maximum Gasteiger partial charge on any atom is 0.258 e. The number of carbonyl (C=O) groups is 1. The van der Waals surface area contributed by atoms with Gasteiger partial charge in [0.25, 0.3) is 5.91 Å². The number of hydrogen-bond donors (Lipinski definition) is 2. The van der Waals surface area contributed by atoms with Crippen molar-refractivity contribution in [2.75, 3.05) is 5.32 Å². The van der Waals surface area contributed by atoms with Crippen LogP contribution in [0.5, 0.6) is 11.5 Å². The summed E-state index contributed by atoms with van der Waals surface area (Å²) in [7, 11) is -3.94. The molecule has 3 rings (SSSR count). The van der Waals surface area contributed by atoms with Crippen molar-refractivity contribution < 1.29 is 26.7 Å². The van der Waals surface area contributed by atoms with E-state index in [1.54, 1.807) is 44.2 Å². The van der Waals surface area contributed by atoms with E-state index >= 15 is 0 Å². The van der Waals surface area contributed by atoms with E-state index in [-0.39, 0.29) is 16.3 Å². The third kappa shape index (κ3) is 5.65. The molecule has 0 bridgehead atoms. The fourth-order valence-corrected chi connectivity index (χ4v) is 3.99. The van der Waals surface area contributed by atoms with E-state index in [0.717, 1.165) is 30.3 Å². The van der Waals surface area contributed by atoms with E-state index < -0.39 is 39.2 Å². The Morgan fingerprint density at radius 3 is 2.35 bits per heavy atom. The van der Waals surface area contributed by atoms with Gasteiger partial charge in [-0.2, -0.15) is 0 Å². The SMILES string of the molecule is CC(C)NS(=O)(=O)c1ccc(F)c(C(=O)Nc2cc(F)ccc2Oc2ccccc2)c1. The molecule has 31 heavy (non-hydrogen) atoms. The molecule has 0 aliphatic carbocycles. The van der Waals surface area contributed by atoms with Gasteiger partial charge in [0, 0.05) is 12.1 Å². The van der Waals surface area contributed by atoms with Gasteiger partial charge in [-0.15, -0.1) is 0 Å². The third-order valence-electron chi connectivity index (χ3n) is 4.04. The molecular weight excluding hydrogens is 426 g/mol. The number of halogens is 2. The van der Waals surface area contributed by atoms with Gasteiger partial charge in [0.2, 0.25) is 10.0 Å². The highest BCUT2D eigenvalue weighted by molar-refractivity contribution is 7.89. The highest BCUT2D eigenvalue weighted by Gasteiger charge is 2.21. The molecule has 0 spiro atoms. The van der Waals surface area contributed by atoms with Crippen molar-refractivity contribution in [2.24, 2.45) is 0 Å². The zero-order valence-electron chi connectivity index (χ0n) is 16.7. The van der Waals surface area contributed by atoms with Crippen LogP contribution in [0.15, 0.2) is 71.6 Å². The topological polar surface area (TPSA) is 84.5 Å². The number of anilines is 1. The molecular formula is C22H20F2N2O4S. The van der Waals surface area contributed by atoms with Gasteiger partial charge in [0.1, 0.15) is 17.4 Å². The normalized spacial score (nSPS) is 11.4. The van der Waals surface area contributed by atoms with E-state index in [0.29, 0.717) is 5.75 Å². The molecule has 3 aromatic rings. The fraction of sp³-hybridized carbons (Fsp3) is 0.136.